The van der Waals surface area contributed by atoms with E-state index in [4.69, 9.17) is 9.47 Å². The van der Waals surface area contributed by atoms with Crippen LogP contribution in [-0.2, 0) is 4.74 Å². The molecule has 1 aliphatic heterocycles. The van der Waals surface area contributed by atoms with Gasteiger partial charge in [-0.25, -0.2) is 0 Å². The van der Waals surface area contributed by atoms with E-state index in [1.807, 2.05) is 30.5 Å². The number of nitrogens with zero attached hydrogens (tertiary/aromatic N) is 2. The number of hydrogen-bond donors (Lipinski definition) is 1. The summed E-state index contributed by atoms with van der Waals surface area (Å²) in [6, 6.07) is 12.2. The van der Waals surface area contributed by atoms with Gasteiger partial charge in [0.25, 0.3) is 11.6 Å². The van der Waals surface area contributed by atoms with Crippen LogP contribution in [0.4, 0.5) is 5.69 Å². The number of ether oxygens (including phenoxy) is 2. The Hall–Kier alpha value is -2.62. The van der Waals surface area contributed by atoms with Gasteiger partial charge in [0.05, 0.1) is 31.3 Å². The molecule has 0 saturated carbocycles. The van der Waals surface area contributed by atoms with Crippen molar-refractivity contribution in [3.8, 4) is 5.75 Å². The molecule has 0 spiro atoms. The van der Waals surface area contributed by atoms with Crippen LogP contribution in [0.25, 0.3) is 0 Å². The Balaban J connectivity index is 1.81. The molecule has 9 heteroatoms. The predicted molar refractivity (Wildman–Crippen MR) is 115 cm³/mol. The van der Waals surface area contributed by atoms with E-state index < -0.39 is 10.8 Å². The average Bonchev–Trinajstić information content (AvgIpc) is 2.79. The van der Waals surface area contributed by atoms with Gasteiger partial charge in [-0.05, 0) is 36.1 Å². The third kappa shape index (κ3) is 5.29. The van der Waals surface area contributed by atoms with Gasteiger partial charge in [0, 0.05) is 30.6 Å². The summed E-state index contributed by atoms with van der Waals surface area (Å²) in [7, 11) is 1.62. The highest BCUT2D eigenvalue weighted by Crippen LogP contribution is 2.26. The Bertz CT molecular complexity index is 885. The second-order valence-corrected chi connectivity index (χ2v) is 7.67. The van der Waals surface area contributed by atoms with Crippen molar-refractivity contribution in [3.63, 3.8) is 0 Å². The molecule has 2 aromatic rings. The number of rotatable bonds is 8. The van der Waals surface area contributed by atoms with Crippen LogP contribution in [0.1, 0.15) is 22.0 Å². The first-order valence-corrected chi connectivity index (χ1v) is 10.8. The molecule has 160 valence electrons. The summed E-state index contributed by atoms with van der Waals surface area (Å²) in [6.07, 6.45) is 1.86. The first-order valence-electron chi connectivity index (χ1n) is 9.60. The third-order valence-electron chi connectivity index (χ3n) is 5.09. The third-order valence-corrected chi connectivity index (χ3v) is 5.81. The highest BCUT2D eigenvalue weighted by Gasteiger charge is 2.26. The SMILES string of the molecule is COc1ccc(C(CNC(=O)c2cc(SC)ccc2[N+](=O)[O-])N2CCOCC2)cc1. The smallest absolute Gasteiger partial charge is 0.282 e. The van der Waals surface area contributed by atoms with Crippen LogP contribution < -0.4 is 10.1 Å². The fourth-order valence-corrected chi connectivity index (χ4v) is 3.88. The van der Waals surface area contributed by atoms with Crippen LogP contribution in [0.15, 0.2) is 47.4 Å². The molecule has 2 aromatic carbocycles. The first kappa shape index (κ1) is 22.1. The van der Waals surface area contributed by atoms with Gasteiger partial charge in [-0.1, -0.05) is 12.1 Å². The second kappa shape index (κ2) is 10.4. The van der Waals surface area contributed by atoms with Gasteiger partial charge in [0.1, 0.15) is 11.3 Å². The molecule has 1 saturated heterocycles. The molecule has 1 aliphatic rings. The van der Waals surface area contributed by atoms with E-state index in [1.54, 1.807) is 19.2 Å². The summed E-state index contributed by atoms with van der Waals surface area (Å²) in [4.78, 5) is 26.8. The number of carbonyl (C=O) groups excluding carboxylic acids is 1. The Morgan fingerprint density at radius 1 is 1.27 bits per heavy atom. The van der Waals surface area contributed by atoms with Gasteiger partial charge in [0.15, 0.2) is 0 Å². The lowest BCUT2D eigenvalue weighted by Crippen LogP contribution is -2.43. The molecule has 1 N–H and O–H groups in total. The summed E-state index contributed by atoms with van der Waals surface area (Å²) in [6.45, 7) is 3.07. The van der Waals surface area contributed by atoms with E-state index in [0.717, 1.165) is 29.3 Å². The maximum absolute atomic E-state index is 12.9. The summed E-state index contributed by atoms with van der Waals surface area (Å²) in [5.74, 6) is 0.303. The lowest BCUT2D eigenvalue weighted by Gasteiger charge is -2.35. The number of nitrogens with one attached hydrogen (secondary N) is 1. The molecule has 1 heterocycles. The number of thioether (sulfide) groups is 1. The fourth-order valence-electron chi connectivity index (χ4n) is 3.44. The van der Waals surface area contributed by atoms with Crippen molar-refractivity contribution < 1.29 is 19.2 Å². The van der Waals surface area contributed by atoms with Crippen molar-refractivity contribution in [2.24, 2.45) is 0 Å². The molecule has 0 radical (unpaired) electrons. The van der Waals surface area contributed by atoms with Gasteiger partial charge in [-0.15, -0.1) is 11.8 Å². The normalized spacial score (nSPS) is 15.4. The van der Waals surface area contributed by atoms with Crippen molar-refractivity contribution in [1.29, 1.82) is 0 Å². The van der Waals surface area contributed by atoms with E-state index >= 15 is 0 Å². The van der Waals surface area contributed by atoms with E-state index in [1.165, 1.54) is 17.8 Å². The molecule has 1 atom stereocenters. The van der Waals surface area contributed by atoms with E-state index in [9.17, 15) is 14.9 Å². The maximum atomic E-state index is 12.9. The molecule has 0 bridgehead atoms. The van der Waals surface area contributed by atoms with E-state index in [0.29, 0.717) is 19.8 Å². The molecule has 3 rings (SSSR count). The van der Waals surface area contributed by atoms with Crippen molar-refractivity contribution in [1.82, 2.24) is 10.2 Å². The molecular formula is C21H25N3O5S. The van der Waals surface area contributed by atoms with Crippen molar-refractivity contribution in [3.05, 3.63) is 63.7 Å². The minimum Gasteiger partial charge on any atom is -0.497 e. The van der Waals surface area contributed by atoms with Crippen LogP contribution in [0, 0.1) is 10.1 Å². The van der Waals surface area contributed by atoms with Gasteiger partial charge in [-0.2, -0.15) is 0 Å². The molecule has 0 aromatic heterocycles. The van der Waals surface area contributed by atoms with Crippen molar-refractivity contribution >= 4 is 23.4 Å². The maximum Gasteiger partial charge on any atom is 0.282 e. The number of hydrogen-bond acceptors (Lipinski definition) is 7. The number of nitro groups is 1. The Kier molecular flexibility index (Phi) is 7.67. The van der Waals surface area contributed by atoms with Crippen LogP contribution >= 0.6 is 11.8 Å². The number of morpholine rings is 1. The first-order chi connectivity index (χ1) is 14.5. The largest absolute Gasteiger partial charge is 0.497 e. The van der Waals surface area contributed by atoms with E-state index in [2.05, 4.69) is 10.2 Å². The van der Waals surface area contributed by atoms with Gasteiger partial charge < -0.3 is 14.8 Å². The Morgan fingerprint density at radius 3 is 2.57 bits per heavy atom. The summed E-state index contributed by atoms with van der Waals surface area (Å²) >= 11 is 1.43. The topological polar surface area (TPSA) is 93.9 Å². The van der Waals surface area contributed by atoms with Crippen molar-refractivity contribution in [2.75, 3.05) is 46.2 Å². The zero-order valence-corrected chi connectivity index (χ0v) is 17.8. The average molecular weight is 432 g/mol. The molecule has 30 heavy (non-hydrogen) atoms. The quantitative estimate of drug-likeness (QED) is 0.390. The van der Waals surface area contributed by atoms with Gasteiger partial charge in [-0.3, -0.25) is 19.8 Å². The lowest BCUT2D eigenvalue weighted by molar-refractivity contribution is -0.385. The summed E-state index contributed by atoms with van der Waals surface area (Å²) in [5.41, 5.74) is 0.908. The van der Waals surface area contributed by atoms with Gasteiger partial charge in [0.2, 0.25) is 0 Å². The molecule has 1 fully saturated rings. The van der Waals surface area contributed by atoms with Crippen LogP contribution in [0.3, 0.4) is 0 Å². The molecule has 8 nitrogen and oxygen atoms in total. The predicted octanol–water partition coefficient (Wildman–Crippen LogP) is 3.13. The summed E-state index contributed by atoms with van der Waals surface area (Å²) in [5, 5.41) is 14.3. The highest BCUT2D eigenvalue weighted by atomic mass is 32.2. The number of benzene rings is 2. The molecule has 0 aliphatic carbocycles. The zero-order valence-electron chi connectivity index (χ0n) is 17.0. The Labute approximate surface area is 179 Å². The van der Waals surface area contributed by atoms with Crippen LogP contribution in [0.5, 0.6) is 5.75 Å². The number of methoxy groups -OCH3 is 1. The monoisotopic (exact) mass is 431 g/mol. The zero-order chi connectivity index (χ0) is 21.5. The fraction of sp³-hybridized carbons (Fsp3) is 0.381. The van der Waals surface area contributed by atoms with Crippen LogP contribution in [-0.4, -0.2) is 61.9 Å². The Morgan fingerprint density at radius 2 is 1.97 bits per heavy atom. The molecular weight excluding hydrogens is 406 g/mol. The van der Waals surface area contributed by atoms with E-state index in [-0.39, 0.29) is 17.3 Å². The number of carbonyl (C=O) groups is 1. The lowest BCUT2D eigenvalue weighted by atomic mass is 10.0. The molecule has 1 amide bonds. The number of nitro benzene ring substituents is 1. The molecule has 1 unspecified atom stereocenters. The summed E-state index contributed by atoms with van der Waals surface area (Å²) < 4.78 is 10.7. The van der Waals surface area contributed by atoms with Gasteiger partial charge >= 0.3 is 0 Å². The van der Waals surface area contributed by atoms with Crippen molar-refractivity contribution in [2.45, 2.75) is 10.9 Å². The standard InChI is InChI=1S/C21H25N3O5S/c1-28-16-5-3-15(4-6-16)20(23-9-11-29-12-10-23)14-22-21(25)18-13-17(30-2)7-8-19(18)24(26)27/h3-8,13,20H,9-12,14H2,1-2H3,(H,22,25). The highest BCUT2D eigenvalue weighted by molar-refractivity contribution is 7.98. The van der Waals surface area contributed by atoms with Crippen LogP contribution in [0.2, 0.25) is 0 Å². The number of amides is 1. The minimum absolute atomic E-state index is 0.0716. The minimum atomic E-state index is -0.526. The second-order valence-electron chi connectivity index (χ2n) is 6.79.